The standard InChI is InChI=1S/C11H12N2O2/c1-13(7-11(14)15)10-6-12-9-5-3-2-4-8(9)10/h2-6,12H,7H2,1H3,(H,14,15). The van der Waals surface area contributed by atoms with E-state index in [0.29, 0.717) is 0 Å². The minimum Gasteiger partial charge on any atom is -0.480 e. The van der Waals surface area contributed by atoms with Gasteiger partial charge in [0.05, 0.1) is 5.69 Å². The van der Waals surface area contributed by atoms with Gasteiger partial charge in [-0.25, -0.2) is 0 Å². The lowest BCUT2D eigenvalue weighted by Crippen LogP contribution is -2.24. The summed E-state index contributed by atoms with van der Waals surface area (Å²) in [4.78, 5) is 15.4. The number of likely N-dealkylation sites (N-methyl/N-ethyl adjacent to an activating group) is 1. The van der Waals surface area contributed by atoms with Crippen LogP contribution in [0, 0.1) is 0 Å². The van der Waals surface area contributed by atoms with Crippen LogP contribution in [0.15, 0.2) is 30.5 Å². The molecular weight excluding hydrogens is 192 g/mol. The summed E-state index contributed by atoms with van der Waals surface area (Å²) in [6.45, 7) is 0.00183. The molecule has 4 nitrogen and oxygen atoms in total. The Balaban J connectivity index is 2.39. The number of nitrogens with zero attached hydrogens (tertiary/aromatic N) is 1. The summed E-state index contributed by atoms with van der Waals surface area (Å²) >= 11 is 0. The maximum absolute atomic E-state index is 10.6. The second-order valence-corrected chi connectivity index (χ2v) is 3.47. The van der Waals surface area contributed by atoms with Gasteiger partial charge in [0.1, 0.15) is 6.54 Å². The Morgan fingerprint density at radius 2 is 2.20 bits per heavy atom. The fourth-order valence-corrected chi connectivity index (χ4v) is 1.66. The Hall–Kier alpha value is -1.97. The van der Waals surface area contributed by atoms with Crippen molar-refractivity contribution < 1.29 is 9.90 Å². The molecule has 0 aliphatic heterocycles. The summed E-state index contributed by atoms with van der Waals surface area (Å²) in [7, 11) is 1.77. The van der Waals surface area contributed by atoms with E-state index in [0.717, 1.165) is 16.6 Å². The van der Waals surface area contributed by atoms with Crippen molar-refractivity contribution in [1.82, 2.24) is 4.98 Å². The van der Waals surface area contributed by atoms with Crippen molar-refractivity contribution in [2.45, 2.75) is 0 Å². The SMILES string of the molecule is CN(CC(=O)O)c1c[nH]c2ccccc12. The molecule has 0 amide bonds. The smallest absolute Gasteiger partial charge is 0.323 e. The molecular formula is C11H12N2O2. The molecule has 0 unspecified atom stereocenters. The average Bonchev–Trinajstić information content (AvgIpc) is 2.59. The van der Waals surface area contributed by atoms with E-state index in [9.17, 15) is 4.79 Å². The van der Waals surface area contributed by atoms with Gasteiger partial charge < -0.3 is 15.0 Å². The number of para-hydroxylation sites is 1. The highest BCUT2D eigenvalue weighted by molar-refractivity contribution is 5.93. The zero-order chi connectivity index (χ0) is 10.8. The van der Waals surface area contributed by atoms with E-state index in [4.69, 9.17) is 5.11 Å². The number of rotatable bonds is 3. The van der Waals surface area contributed by atoms with Gasteiger partial charge in [-0.2, -0.15) is 0 Å². The van der Waals surface area contributed by atoms with Crippen LogP contribution in [0.2, 0.25) is 0 Å². The van der Waals surface area contributed by atoms with Gasteiger partial charge in [0.2, 0.25) is 0 Å². The van der Waals surface area contributed by atoms with Crippen LogP contribution in [0.5, 0.6) is 0 Å². The molecule has 2 rings (SSSR count). The van der Waals surface area contributed by atoms with Crippen molar-refractivity contribution in [1.29, 1.82) is 0 Å². The summed E-state index contributed by atoms with van der Waals surface area (Å²) in [5.41, 5.74) is 1.93. The van der Waals surface area contributed by atoms with Gasteiger partial charge in [0.15, 0.2) is 0 Å². The molecule has 1 aromatic heterocycles. The number of benzene rings is 1. The zero-order valence-electron chi connectivity index (χ0n) is 8.40. The number of H-pyrrole nitrogens is 1. The van der Waals surface area contributed by atoms with E-state index < -0.39 is 5.97 Å². The molecule has 0 fully saturated rings. The number of aromatic nitrogens is 1. The van der Waals surface area contributed by atoms with Gasteiger partial charge in [-0.1, -0.05) is 18.2 Å². The lowest BCUT2D eigenvalue weighted by Gasteiger charge is -2.14. The lowest BCUT2D eigenvalue weighted by atomic mass is 10.2. The highest BCUT2D eigenvalue weighted by atomic mass is 16.4. The van der Waals surface area contributed by atoms with Crippen LogP contribution in [-0.2, 0) is 4.79 Å². The van der Waals surface area contributed by atoms with Gasteiger partial charge in [0, 0.05) is 24.1 Å². The van der Waals surface area contributed by atoms with E-state index in [2.05, 4.69) is 4.98 Å². The molecule has 2 aromatic rings. The average molecular weight is 204 g/mol. The molecule has 0 bridgehead atoms. The molecule has 0 radical (unpaired) electrons. The van der Waals surface area contributed by atoms with Gasteiger partial charge in [-0.05, 0) is 6.07 Å². The summed E-state index contributed by atoms with van der Waals surface area (Å²) in [5.74, 6) is -0.831. The van der Waals surface area contributed by atoms with Crippen molar-refractivity contribution in [3.63, 3.8) is 0 Å². The first-order chi connectivity index (χ1) is 7.18. The molecule has 2 N–H and O–H groups in total. The largest absolute Gasteiger partial charge is 0.480 e. The molecule has 0 saturated heterocycles. The van der Waals surface area contributed by atoms with Crippen LogP contribution in [0.1, 0.15) is 0 Å². The molecule has 0 aliphatic carbocycles. The highest BCUT2D eigenvalue weighted by Crippen LogP contribution is 2.25. The second kappa shape index (κ2) is 3.65. The molecule has 0 atom stereocenters. The lowest BCUT2D eigenvalue weighted by molar-refractivity contribution is -0.135. The third kappa shape index (κ3) is 1.79. The van der Waals surface area contributed by atoms with Crippen molar-refractivity contribution in [2.24, 2.45) is 0 Å². The van der Waals surface area contributed by atoms with Crippen LogP contribution in [0.4, 0.5) is 5.69 Å². The number of hydrogen-bond donors (Lipinski definition) is 2. The van der Waals surface area contributed by atoms with Gasteiger partial charge >= 0.3 is 5.97 Å². The number of carbonyl (C=O) groups is 1. The zero-order valence-corrected chi connectivity index (χ0v) is 8.40. The number of fused-ring (bicyclic) bond motifs is 1. The third-order valence-corrected chi connectivity index (χ3v) is 2.35. The summed E-state index contributed by atoms with van der Waals surface area (Å²) in [6, 6.07) is 7.82. The second-order valence-electron chi connectivity index (χ2n) is 3.47. The minimum absolute atomic E-state index is 0.00183. The summed E-state index contributed by atoms with van der Waals surface area (Å²) < 4.78 is 0. The monoisotopic (exact) mass is 204 g/mol. The number of carboxylic acids is 1. The predicted molar refractivity (Wildman–Crippen MR) is 59.2 cm³/mol. The van der Waals surface area contributed by atoms with Gasteiger partial charge in [-0.3, -0.25) is 4.79 Å². The topological polar surface area (TPSA) is 56.3 Å². The van der Waals surface area contributed by atoms with Gasteiger partial charge in [-0.15, -0.1) is 0 Å². The van der Waals surface area contributed by atoms with Crippen LogP contribution in [0.3, 0.4) is 0 Å². The fourth-order valence-electron chi connectivity index (χ4n) is 1.66. The number of carboxylic acid groups (broad SMARTS) is 1. The fraction of sp³-hybridized carbons (Fsp3) is 0.182. The molecule has 0 saturated carbocycles. The number of aromatic amines is 1. The van der Waals surface area contributed by atoms with Crippen molar-refractivity contribution in [3.8, 4) is 0 Å². The molecule has 0 aliphatic rings. The summed E-state index contributed by atoms with van der Waals surface area (Å²) in [5, 5.41) is 9.75. The summed E-state index contributed by atoms with van der Waals surface area (Å²) in [6.07, 6.45) is 1.83. The molecule has 1 aromatic carbocycles. The van der Waals surface area contributed by atoms with Crippen LogP contribution >= 0.6 is 0 Å². The van der Waals surface area contributed by atoms with E-state index in [1.54, 1.807) is 11.9 Å². The predicted octanol–water partition coefficient (Wildman–Crippen LogP) is 1.69. The normalized spacial score (nSPS) is 10.5. The molecule has 15 heavy (non-hydrogen) atoms. The van der Waals surface area contributed by atoms with Crippen molar-refractivity contribution >= 4 is 22.6 Å². The van der Waals surface area contributed by atoms with Crippen LogP contribution < -0.4 is 4.90 Å². The maximum Gasteiger partial charge on any atom is 0.323 e. The van der Waals surface area contributed by atoms with Crippen molar-refractivity contribution in [2.75, 3.05) is 18.5 Å². The molecule has 78 valence electrons. The van der Waals surface area contributed by atoms with Crippen LogP contribution in [-0.4, -0.2) is 29.7 Å². The first-order valence-corrected chi connectivity index (χ1v) is 4.67. The number of anilines is 1. The Morgan fingerprint density at radius 1 is 1.47 bits per heavy atom. The number of hydrogen-bond acceptors (Lipinski definition) is 2. The number of nitrogens with one attached hydrogen (secondary N) is 1. The quantitative estimate of drug-likeness (QED) is 0.799. The van der Waals surface area contributed by atoms with E-state index in [-0.39, 0.29) is 6.54 Å². The molecule has 1 heterocycles. The first-order valence-electron chi connectivity index (χ1n) is 4.67. The van der Waals surface area contributed by atoms with Crippen LogP contribution in [0.25, 0.3) is 10.9 Å². The molecule has 4 heteroatoms. The Labute approximate surface area is 87.1 Å². The van der Waals surface area contributed by atoms with E-state index in [1.165, 1.54) is 0 Å². The Bertz CT molecular complexity index is 490. The molecule has 0 spiro atoms. The van der Waals surface area contributed by atoms with Gasteiger partial charge in [0.25, 0.3) is 0 Å². The highest BCUT2D eigenvalue weighted by Gasteiger charge is 2.09. The van der Waals surface area contributed by atoms with E-state index >= 15 is 0 Å². The Morgan fingerprint density at radius 3 is 2.93 bits per heavy atom. The first kappa shape index (κ1) is 9.58. The Kier molecular flexibility index (Phi) is 2.33. The number of aliphatic carboxylic acids is 1. The van der Waals surface area contributed by atoms with Crippen molar-refractivity contribution in [3.05, 3.63) is 30.5 Å². The minimum atomic E-state index is -0.831. The maximum atomic E-state index is 10.6. The van der Waals surface area contributed by atoms with E-state index in [1.807, 2.05) is 30.5 Å². The third-order valence-electron chi connectivity index (χ3n) is 2.35.